The summed E-state index contributed by atoms with van der Waals surface area (Å²) in [6.07, 6.45) is 2.26. The van der Waals surface area contributed by atoms with Gasteiger partial charge in [0, 0.05) is 24.9 Å². The van der Waals surface area contributed by atoms with Gasteiger partial charge in [-0.1, -0.05) is 0 Å². The first-order chi connectivity index (χ1) is 9.60. The summed E-state index contributed by atoms with van der Waals surface area (Å²) in [6, 6.07) is 4.58. The van der Waals surface area contributed by atoms with Gasteiger partial charge in [0.1, 0.15) is 0 Å². The van der Waals surface area contributed by atoms with E-state index in [-0.39, 0.29) is 5.91 Å². The largest absolute Gasteiger partial charge is 0.356 e. The predicted molar refractivity (Wildman–Crippen MR) is 86.8 cm³/mol. The Morgan fingerprint density at radius 3 is 2.75 bits per heavy atom. The Hall–Kier alpha value is -0.430. The number of rotatable bonds is 5. The summed E-state index contributed by atoms with van der Waals surface area (Å²) >= 11 is 5.28. The van der Waals surface area contributed by atoms with Crippen molar-refractivity contribution in [2.45, 2.75) is 25.8 Å². The summed E-state index contributed by atoms with van der Waals surface area (Å²) in [6.45, 7) is 5.15. The van der Waals surface area contributed by atoms with Gasteiger partial charge in [0.25, 0.3) is 0 Å². The normalized spacial score (nSPS) is 18.9. The van der Waals surface area contributed by atoms with Crippen LogP contribution in [0.1, 0.15) is 30.7 Å². The van der Waals surface area contributed by atoms with Crippen LogP contribution >= 0.6 is 27.3 Å². The van der Waals surface area contributed by atoms with Crippen molar-refractivity contribution in [1.29, 1.82) is 0 Å². The zero-order valence-electron chi connectivity index (χ0n) is 11.8. The van der Waals surface area contributed by atoms with Crippen molar-refractivity contribution < 1.29 is 4.79 Å². The van der Waals surface area contributed by atoms with Crippen LogP contribution in [-0.4, -0.2) is 37.0 Å². The quantitative estimate of drug-likeness (QED) is 0.848. The van der Waals surface area contributed by atoms with Crippen molar-refractivity contribution in [3.63, 3.8) is 0 Å². The van der Waals surface area contributed by atoms with Gasteiger partial charge < -0.3 is 11.1 Å². The lowest BCUT2D eigenvalue weighted by Gasteiger charge is -2.36. The van der Waals surface area contributed by atoms with E-state index in [0.717, 1.165) is 36.3 Å². The van der Waals surface area contributed by atoms with Crippen LogP contribution in [0.25, 0.3) is 0 Å². The standard InChI is InChI=1S/C14H22BrN3OS/c1-10(19)17-9-11-4-6-18(7-5-11)12(8-16)13-2-3-14(15)20-13/h2-3,11-12H,4-9,16H2,1H3,(H,17,19). The molecule has 1 aromatic rings. The Morgan fingerprint density at radius 2 is 2.25 bits per heavy atom. The molecule has 1 saturated heterocycles. The van der Waals surface area contributed by atoms with Crippen molar-refractivity contribution in [3.05, 3.63) is 20.8 Å². The van der Waals surface area contributed by atoms with Crippen LogP contribution in [0.5, 0.6) is 0 Å². The third kappa shape index (κ3) is 4.28. The maximum absolute atomic E-state index is 11.0. The number of amides is 1. The van der Waals surface area contributed by atoms with E-state index >= 15 is 0 Å². The number of likely N-dealkylation sites (tertiary alicyclic amines) is 1. The number of hydrogen-bond acceptors (Lipinski definition) is 4. The highest BCUT2D eigenvalue weighted by Crippen LogP contribution is 2.32. The third-order valence-electron chi connectivity index (χ3n) is 3.88. The first-order valence-corrected chi connectivity index (χ1v) is 8.65. The van der Waals surface area contributed by atoms with Crippen molar-refractivity contribution in [3.8, 4) is 0 Å². The summed E-state index contributed by atoms with van der Waals surface area (Å²) in [5.74, 6) is 0.666. The second kappa shape index (κ2) is 7.54. The van der Waals surface area contributed by atoms with E-state index in [1.54, 1.807) is 18.3 Å². The smallest absolute Gasteiger partial charge is 0.216 e. The number of halogens is 1. The van der Waals surface area contributed by atoms with Gasteiger partial charge >= 0.3 is 0 Å². The molecule has 112 valence electrons. The van der Waals surface area contributed by atoms with Gasteiger partial charge in [0.15, 0.2) is 0 Å². The van der Waals surface area contributed by atoms with Gasteiger partial charge in [-0.05, 0) is 59.9 Å². The molecule has 1 aromatic heterocycles. The molecule has 6 heteroatoms. The highest BCUT2D eigenvalue weighted by atomic mass is 79.9. The topological polar surface area (TPSA) is 58.4 Å². The third-order valence-corrected chi connectivity index (χ3v) is 5.60. The van der Waals surface area contributed by atoms with Crippen LogP contribution in [0.15, 0.2) is 15.9 Å². The zero-order chi connectivity index (χ0) is 14.5. The molecule has 1 atom stereocenters. The summed E-state index contributed by atoms with van der Waals surface area (Å²) in [5.41, 5.74) is 5.97. The van der Waals surface area contributed by atoms with Crippen LogP contribution in [0.4, 0.5) is 0 Å². The van der Waals surface area contributed by atoms with Crippen molar-refractivity contribution in [2.75, 3.05) is 26.2 Å². The van der Waals surface area contributed by atoms with Crippen LogP contribution in [-0.2, 0) is 4.79 Å². The Bertz CT molecular complexity index is 443. The van der Waals surface area contributed by atoms with E-state index in [4.69, 9.17) is 5.73 Å². The summed E-state index contributed by atoms with van der Waals surface area (Å²) in [5, 5.41) is 2.92. The molecule has 0 bridgehead atoms. The fourth-order valence-electron chi connectivity index (χ4n) is 2.71. The van der Waals surface area contributed by atoms with Gasteiger partial charge in [0.05, 0.1) is 9.83 Å². The molecule has 0 radical (unpaired) electrons. The van der Waals surface area contributed by atoms with Gasteiger partial charge in [0.2, 0.25) is 5.91 Å². The molecule has 0 saturated carbocycles. The summed E-state index contributed by atoms with van der Waals surface area (Å²) < 4.78 is 1.16. The lowest BCUT2D eigenvalue weighted by atomic mass is 9.95. The predicted octanol–water partition coefficient (Wildman–Crippen LogP) is 2.36. The van der Waals surface area contributed by atoms with E-state index in [2.05, 4.69) is 38.3 Å². The average Bonchev–Trinajstić information content (AvgIpc) is 2.85. The number of nitrogens with one attached hydrogen (secondary N) is 1. The number of thiophene rings is 1. The second-order valence-corrected chi connectivity index (χ2v) is 7.80. The Balaban J connectivity index is 1.87. The summed E-state index contributed by atoms with van der Waals surface area (Å²) in [7, 11) is 0. The van der Waals surface area contributed by atoms with Crippen molar-refractivity contribution in [2.24, 2.45) is 11.7 Å². The Morgan fingerprint density at radius 1 is 1.55 bits per heavy atom. The maximum atomic E-state index is 11.0. The molecular weight excluding hydrogens is 338 g/mol. The monoisotopic (exact) mass is 359 g/mol. The van der Waals surface area contributed by atoms with Crippen LogP contribution in [0, 0.1) is 5.92 Å². The highest BCUT2D eigenvalue weighted by molar-refractivity contribution is 9.11. The SMILES string of the molecule is CC(=O)NCC1CCN(C(CN)c2ccc(Br)s2)CC1. The number of nitrogens with zero attached hydrogens (tertiary/aromatic N) is 1. The minimum Gasteiger partial charge on any atom is -0.356 e. The maximum Gasteiger partial charge on any atom is 0.216 e. The molecule has 1 fully saturated rings. The molecule has 1 unspecified atom stereocenters. The molecule has 20 heavy (non-hydrogen) atoms. The van der Waals surface area contributed by atoms with E-state index in [1.165, 1.54) is 4.88 Å². The number of carbonyl (C=O) groups excluding carboxylic acids is 1. The van der Waals surface area contributed by atoms with E-state index in [9.17, 15) is 4.79 Å². The minimum absolute atomic E-state index is 0.0655. The molecule has 0 aliphatic carbocycles. The lowest BCUT2D eigenvalue weighted by molar-refractivity contribution is -0.119. The molecule has 0 aromatic carbocycles. The van der Waals surface area contributed by atoms with E-state index in [1.807, 2.05) is 0 Å². The fraction of sp³-hybridized carbons (Fsp3) is 0.643. The molecule has 1 aliphatic heterocycles. The molecule has 2 rings (SSSR count). The average molecular weight is 360 g/mol. The molecule has 2 heterocycles. The van der Waals surface area contributed by atoms with Crippen LogP contribution < -0.4 is 11.1 Å². The van der Waals surface area contributed by atoms with Gasteiger partial charge in [-0.3, -0.25) is 9.69 Å². The number of carbonyl (C=O) groups is 1. The van der Waals surface area contributed by atoms with E-state index in [0.29, 0.717) is 18.5 Å². The van der Waals surface area contributed by atoms with E-state index < -0.39 is 0 Å². The second-order valence-electron chi connectivity index (χ2n) is 5.31. The van der Waals surface area contributed by atoms with Crippen molar-refractivity contribution >= 4 is 33.2 Å². The highest BCUT2D eigenvalue weighted by Gasteiger charge is 2.26. The molecular formula is C14H22BrN3OS. The Labute approximate surface area is 132 Å². The summed E-state index contributed by atoms with van der Waals surface area (Å²) in [4.78, 5) is 14.8. The van der Waals surface area contributed by atoms with Gasteiger partial charge in [-0.2, -0.15) is 0 Å². The zero-order valence-corrected chi connectivity index (χ0v) is 14.2. The van der Waals surface area contributed by atoms with Crippen molar-refractivity contribution in [1.82, 2.24) is 10.2 Å². The lowest BCUT2D eigenvalue weighted by Crippen LogP contribution is -2.41. The van der Waals surface area contributed by atoms with Crippen LogP contribution in [0.2, 0.25) is 0 Å². The number of nitrogens with two attached hydrogens (primary N) is 1. The first kappa shape index (κ1) is 15.9. The number of piperidine rings is 1. The minimum atomic E-state index is 0.0655. The molecule has 4 nitrogen and oxygen atoms in total. The van der Waals surface area contributed by atoms with Gasteiger partial charge in [-0.25, -0.2) is 0 Å². The fourth-order valence-corrected chi connectivity index (χ4v) is 4.28. The molecule has 1 amide bonds. The molecule has 1 aliphatic rings. The first-order valence-electron chi connectivity index (χ1n) is 7.04. The van der Waals surface area contributed by atoms with Gasteiger partial charge in [-0.15, -0.1) is 11.3 Å². The molecule has 3 N–H and O–H groups in total. The number of hydrogen-bond donors (Lipinski definition) is 2. The Kier molecular flexibility index (Phi) is 6.01. The molecule has 0 spiro atoms. The van der Waals surface area contributed by atoms with Crippen LogP contribution in [0.3, 0.4) is 0 Å².